The van der Waals surface area contributed by atoms with E-state index in [1.54, 1.807) is 28.2 Å². The summed E-state index contributed by atoms with van der Waals surface area (Å²) in [5.41, 5.74) is 0. The van der Waals surface area contributed by atoms with Gasteiger partial charge in [-0.15, -0.1) is 0 Å². The number of guanidine groups is 1. The van der Waals surface area contributed by atoms with E-state index in [1.807, 2.05) is 0 Å². The van der Waals surface area contributed by atoms with Crippen LogP contribution in [0.25, 0.3) is 0 Å². The zero-order chi connectivity index (χ0) is 10.6. The third kappa shape index (κ3) is 5.26. The zero-order valence-corrected chi connectivity index (χ0v) is 8.74. The lowest BCUT2D eigenvalue weighted by molar-refractivity contribution is 0.269. The monoisotopic (exact) mass is 211 g/mol. The van der Waals surface area contributed by atoms with Gasteiger partial charge < -0.3 is 9.80 Å². The molecule has 7 nitrogen and oxygen atoms in total. The fourth-order valence-corrected chi connectivity index (χ4v) is 0.805. The molecule has 78 valence electrons. The molecule has 0 amide bonds. The van der Waals surface area contributed by atoms with E-state index in [9.17, 15) is 8.42 Å². The molecule has 0 rings (SSSR count). The van der Waals surface area contributed by atoms with Crippen molar-refractivity contribution in [2.45, 2.75) is 0 Å². The van der Waals surface area contributed by atoms with Crippen LogP contribution in [0, 0.1) is 0 Å². The van der Waals surface area contributed by atoms with Crippen molar-refractivity contribution in [1.82, 2.24) is 9.80 Å². The van der Waals surface area contributed by atoms with Crippen LogP contribution in [0.3, 0.4) is 0 Å². The molecule has 0 aromatic carbocycles. The minimum atomic E-state index is -4.53. The van der Waals surface area contributed by atoms with Gasteiger partial charge in [-0.2, -0.15) is 8.42 Å². The van der Waals surface area contributed by atoms with Crippen LogP contribution in [-0.4, -0.2) is 56.9 Å². The third-order valence-electron chi connectivity index (χ3n) is 1.01. The van der Waals surface area contributed by atoms with Gasteiger partial charge in [0.25, 0.3) is 0 Å². The molecule has 0 aromatic heterocycles. The molecule has 0 fully saturated rings. The van der Waals surface area contributed by atoms with Gasteiger partial charge in [0.05, 0.1) is 0 Å². The number of oxime groups is 1. The number of hydrogen-bond acceptors (Lipinski definition) is 4. The minimum absolute atomic E-state index is 0.262. The van der Waals surface area contributed by atoms with Crippen molar-refractivity contribution < 1.29 is 17.3 Å². The highest BCUT2D eigenvalue weighted by molar-refractivity contribution is 7.80. The second-order valence-electron chi connectivity index (χ2n) is 2.68. The Labute approximate surface area is 77.5 Å². The Morgan fingerprint density at radius 3 is 1.85 bits per heavy atom. The Bertz CT molecular complexity index is 272. The summed E-state index contributed by atoms with van der Waals surface area (Å²) in [5.74, 6) is 0.262. The van der Waals surface area contributed by atoms with Crippen LogP contribution in [0.15, 0.2) is 5.16 Å². The van der Waals surface area contributed by atoms with E-state index in [-0.39, 0.29) is 5.96 Å². The molecule has 0 heterocycles. The van der Waals surface area contributed by atoms with E-state index in [2.05, 4.69) is 9.44 Å². The second-order valence-corrected chi connectivity index (χ2v) is 3.69. The molecular weight excluding hydrogens is 198 g/mol. The average Bonchev–Trinajstić information content (AvgIpc) is 1.82. The quantitative estimate of drug-likeness (QED) is 0.279. The smallest absolute Gasteiger partial charge is 0.346 e. The predicted octanol–water partition coefficient (Wildman–Crippen LogP) is -0.800. The molecule has 0 aliphatic carbocycles. The number of rotatable bonds is 2. The molecule has 0 aliphatic rings. The van der Waals surface area contributed by atoms with Gasteiger partial charge in [0.15, 0.2) is 0 Å². The van der Waals surface area contributed by atoms with Gasteiger partial charge in [-0.25, -0.2) is 4.28 Å². The first-order valence-electron chi connectivity index (χ1n) is 3.32. The molecule has 0 atom stereocenters. The summed E-state index contributed by atoms with van der Waals surface area (Å²) in [6.45, 7) is 0. The summed E-state index contributed by atoms with van der Waals surface area (Å²) < 4.78 is 32.4. The molecule has 0 spiro atoms. The van der Waals surface area contributed by atoms with Crippen LogP contribution >= 0.6 is 0 Å². The zero-order valence-electron chi connectivity index (χ0n) is 7.92. The first kappa shape index (κ1) is 12.0. The minimum Gasteiger partial charge on any atom is -0.346 e. The highest BCUT2D eigenvalue weighted by atomic mass is 32.3. The van der Waals surface area contributed by atoms with Gasteiger partial charge in [0.2, 0.25) is 5.96 Å². The standard InChI is InChI=1S/C5H13N3O4S/c1-7(2)5(8(3)4)6-12-13(9,10)11/h1-4H3,(H,9,10,11). The van der Waals surface area contributed by atoms with Crippen molar-refractivity contribution in [3.63, 3.8) is 0 Å². The van der Waals surface area contributed by atoms with E-state index in [0.717, 1.165) is 0 Å². The largest absolute Gasteiger partial charge is 0.466 e. The Kier molecular flexibility index (Phi) is 3.95. The molecule has 0 aromatic rings. The van der Waals surface area contributed by atoms with Crippen molar-refractivity contribution in [1.29, 1.82) is 0 Å². The lowest BCUT2D eigenvalue weighted by atomic mass is 10.7. The first-order valence-corrected chi connectivity index (χ1v) is 4.69. The molecular formula is C5H13N3O4S. The van der Waals surface area contributed by atoms with E-state index in [1.165, 1.54) is 9.80 Å². The maximum absolute atomic E-state index is 10.2. The fraction of sp³-hybridized carbons (Fsp3) is 0.800. The van der Waals surface area contributed by atoms with Crippen LogP contribution < -0.4 is 0 Å². The summed E-state index contributed by atoms with van der Waals surface area (Å²) >= 11 is 0. The molecule has 0 unspecified atom stereocenters. The summed E-state index contributed by atoms with van der Waals surface area (Å²) in [6.07, 6.45) is 0. The van der Waals surface area contributed by atoms with Crippen molar-refractivity contribution >= 4 is 16.4 Å². The maximum atomic E-state index is 10.2. The molecule has 0 saturated carbocycles. The number of nitrogens with zero attached hydrogens (tertiary/aromatic N) is 3. The van der Waals surface area contributed by atoms with Crippen molar-refractivity contribution in [2.75, 3.05) is 28.2 Å². The van der Waals surface area contributed by atoms with Gasteiger partial charge in [-0.3, -0.25) is 4.55 Å². The Hall–Kier alpha value is -1.02. The molecule has 0 bridgehead atoms. The predicted molar refractivity (Wildman–Crippen MR) is 47.4 cm³/mol. The summed E-state index contributed by atoms with van der Waals surface area (Å²) in [7, 11) is 2.11. The lowest BCUT2D eigenvalue weighted by Gasteiger charge is -2.20. The van der Waals surface area contributed by atoms with Gasteiger partial charge in [-0.1, -0.05) is 0 Å². The number of hydrogen-bond donors (Lipinski definition) is 1. The third-order valence-corrected chi connectivity index (χ3v) is 1.28. The molecule has 13 heavy (non-hydrogen) atoms. The van der Waals surface area contributed by atoms with Gasteiger partial charge in [0.1, 0.15) is 0 Å². The van der Waals surface area contributed by atoms with Crippen LogP contribution in [0.2, 0.25) is 0 Å². The normalized spacial score (nSPS) is 10.5. The lowest BCUT2D eigenvalue weighted by Crippen LogP contribution is -2.35. The Morgan fingerprint density at radius 1 is 1.23 bits per heavy atom. The summed E-state index contributed by atoms with van der Waals surface area (Å²) in [5, 5.41) is 3.22. The summed E-state index contributed by atoms with van der Waals surface area (Å²) in [6, 6.07) is 0. The topological polar surface area (TPSA) is 82.4 Å². The van der Waals surface area contributed by atoms with Gasteiger partial charge in [0, 0.05) is 28.2 Å². The van der Waals surface area contributed by atoms with Crippen molar-refractivity contribution in [3.8, 4) is 0 Å². The van der Waals surface area contributed by atoms with E-state index in [4.69, 9.17) is 4.55 Å². The van der Waals surface area contributed by atoms with E-state index < -0.39 is 10.4 Å². The Balaban J connectivity index is 4.57. The highest BCUT2D eigenvalue weighted by Crippen LogP contribution is 1.93. The van der Waals surface area contributed by atoms with Crippen LogP contribution in [0.5, 0.6) is 0 Å². The molecule has 0 radical (unpaired) electrons. The first-order chi connectivity index (χ1) is 5.74. The SMILES string of the molecule is CN(C)C(=NOS(=O)(=O)O)N(C)C. The molecule has 1 N–H and O–H groups in total. The molecule has 8 heteroatoms. The second kappa shape index (κ2) is 4.28. The fourth-order valence-electron chi connectivity index (χ4n) is 0.644. The van der Waals surface area contributed by atoms with Gasteiger partial charge in [-0.05, 0) is 5.16 Å². The van der Waals surface area contributed by atoms with E-state index in [0.29, 0.717) is 0 Å². The molecule has 0 saturated heterocycles. The Morgan fingerprint density at radius 2 is 1.62 bits per heavy atom. The molecule has 0 aliphatic heterocycles. The maximum Gasteiger partial charge on any atom is 0.466 e. The highest BCUT2D eigenvalue weighted by Gasteiger charge is 2.09. The van der Waals surface area contributed by atoms with Crippen LogP contribution in [0.1, 0.15) is 0 Å². The van der Waals surface area contributed by atoms with Crippen molar-refractivity contribution in [3.05, 3.63) is 0 Å². The van der Waals surface area contributed by atoms with Gasteiger partial charge >= 0.3 is 10.4 Å². The van der Waals surface area contributed by atoms with Crippen LogP contribution in [0.4, 0.5) is 0 Å². The van der Waals surface area contributed by atoms with Crippen LogP contribution in [-0.2, 0) is 14.7 Å². The van der Waals surface area contributed by atoms with Crippen molar-refractivity contribution in [2.24, 2.45) is 5.16 Å². The van der Waals surface area contributed by atoms with E-state index >= 15 is 0 Å². The summed E-state index contributed by atoms with van der Waals surface area (Å²) in [4.78, 5) is 3.07. The average molecular weight is 211 g/mol.